The summed E-state index contributed by atoms with van der Waals surface area (Å²) in [7, 11) is 0. The summed E-state index contributed by atoms with van der Waals surface area (Å²) < 4.78 is 0. The quantitative estimate of drug-likeness (QED) is 0.255. The Morgan fingerprint density at radius 3 is 1.45 bits per heavy atom. The van der Waals surface area contributed by atoms with E-state index < -0.39 is 0 Å². The van der Waals surface area contributed by atoms with Crippen molar-refractivity contribution in [1.82, 2.24) is 0 Å². The van der Waals surface area contributed by atoms with E-state index in [1.165, 1.54) is 71.6 Å². The predicted octanol–water partition coefficient (Wildman–Crippen LogP) is 9.29. The molecule has 160 valence electrons. The molecule has 6 aromatic carbocycles. The monoisotopic (exact) mass is 425 g/mol. The molecule has 1 nitrogen and oxygen atoms in total. The summed E-state index contributed by atoms with van der Waals surface area (Å²) in [6.07, 6.45) is 0. The summed E-state index contributed by atoms with van der Waals surface area (Å²) in [4.78, 5) is 2.44. The van der Waals surface area contributed by atoms with Crippen LogP contribution in [-0.4, -0.2) is 0 Å². The fourth-order valence-corrected chi connectivity index (χ4v) is 5.50. The van der Waals surface area contributed by atoms with Gasteiger partial charge in [0, 0.05) is 16.8 Å². The second kappa shape index (κ2) is 7.35. The first-order chi connectivity index (χ1) is 16.0. The predicted molar refractivity (Wildman–Crippen MR) is 144 cm³/mol. The van der Waals surface area contributed by atoms with Crippen LogP contribution >= 0.6 is 0 Å². The van der Waals surface area contributed by atoms with Crippen LogP contribution in [0.3, 0.4) is 0 Å². The lowest BCUT2D eigenvalue weighted by atomic mass is 9.93. The highest BCUT2D eigenvalue weighted by atomic mass is 15.1. The van der Waals surface area contributed by atoms with Gasteiger partial charge in [0.25, 0.3) is 0 Å². The van der Waals surface area contributed by atoms with Crippen molar-refractivity contribution in [1.29, 1.82) is 0 Å². The molecule has 0 amide bonds. The third-order valence-electron chi connectivity index (χ3n) is 6.68. The summed E-state index contributed by atoms with van der Waals surface area (Å²) in [5.74, 6) is 0. The van der Waals surface area contributed by atoms with E-state index in [4.69, 9.17) is 0 Å². The zero-order valence-corrected chi connectivity index (χ0v) is 19.6. The average molecular weight is 426 g/mol. The molecule has 0 aromatic heterocycles. The Morgan fingerprint density at radius 2 is 0.909 bits per heavy atom. The lowest BCUT2D eigenvalue weighted by Crippen LogP contribution is -2.11. The van der Waals surface area contributed by atoms with Crippen molar-refractivity contribution in [2.75, 3.05) is 4.90 Å². The number of aryl methyl sites for hydroxylation is 4. The Labute approximate surface area is 195 Å². The number of rotatable bonds is 3. The van der Waals surface area contributed by atoms with E-state index in [0.29, 0.717) is 0 Å². The SMILES string of the molecule is Cc1cc(C)cc(N(c2cc(C)cc(C)c2)c2ccc3ccc4cccc5ccc2c3c45)c1. The van der Waals surface area contributed by atoms with Crippen molar-refractivity contribution in [3.05, 3.63) is 113 Å². The average Bonchev–Trinajstić information content (AvgIpc) is 2.77. The number of anilines is 3. The Bertz CT molecular complexity index is 1550. The van der Waals surface area contributed by atoms with E-state index in [1.54, 1.807) is 0 Å². The van der Waals surface area contributed by atoms with Gasteiger partial charge in [-0.05, 0) is 107 Å². The Hall–Kier alpha value is -3.84. The van der Waals surface area contributed by atoms with Crippen LogP contribution < -0.4 is 4.90 Å². The van der Waals surface area contributed by atoms with Crippen LogP contribution in [0.2, 0.25) is 0 Å². The fourth-order valence-electron chi connectivity index (χ4n) is 5.50. The van der Waals surface area contributed by atoms with Crippen LogP contribution in [-0.2, 0) is 0 Å². The van der Waals surface area contributed by atoms with E-state index in [0.717, 1.165) is 0 Å². The highest BCUT2D eigenvalue weighted by Gasteiger charge is 2.19. The van der Waals surface area contributed by atoms with Crippen LogP contribution in [0.25, 0.3) is 32.3 Å². The van der Waals surface area contributed by atoms with Crippen molar-refractivity contribution in [3.8, 4) is 0 Å². The number of nitrogens with zero attached hydrogens (tertiary/aromatic N) is 1. The lowest BCUT2D eigenvalue weighted by molar-refractivity contribution is 1.24. The summed E-state index contributed by atoms with van der Waals surface area (Å²) in [5.41, 5.74) is 8.72. The Balaban J connectivity index is 1.73. The van der Waals surface area contributed by atoms with Crippen molar-refractivity contribution in [2.45, 2.75) is 27.7 Å². The van der Waals surface area contributed by atoms with E-state index >= 15 is 0 Å². The van der Waals surface area contributed by atoms with Gasteiger partial charge in [0.2, 0.25) is 0 Å². The number of hydrogen-bond acceptors (Lipinski definition) is 1. The van der Waals surface area contributed by atoms with Gasteiger partial charge < -0.3 is 4.90 Å². The van der Waals surface area contributed by atoms with Gasteiger partial charge in [-0.15, -0.1) is 0 Å². The van der Waals surface area contributed by atoms with E-state index in [1.807, 2.05) is 0 Å². The standard InChI is InChI=1S/C32H27N/c1-20-14-21(2)17-27(16-20)33(28-18-22(3)15-23(4)19-28)30-13-11-26-9-8-24-6-5-7-25-10-12-29(30)32(26)31(24)25/h5-19H,1-4H3. The molecule has 0 aliphatic rings. The molecule has 0 heterocycles. The summed E-state index contributed by atoms with van der Waals surface area (Å²) in [6, 6.07) is 33.9. The largest absolute Gasteiger partial charge is 0.310 e. The lowest BCUT2D eigenvalue weighted by Gasteiger charge is -2.29. The van der Waals surface area contributed by atoms with Crippen LogP contribution in [0.4, 0.5) is 17.1 Å². The third kappa shape index (κ3) is 3.24. The van der Waals surface area contributed by atoms with E-state index in [9.17, 15) is 0 Å². The molecule has 1 heteroatoms. The molecule has 0 atom stereocenters. The minimum atomic E-state index is 1.20. The Kier molecular flexibility index (Phi) is 4.41. The molecule has 0 radical (unpaired) electrons. The topological polar surface area (TPSA) is 3.24 Å². The first-order valence-electron chi connectivity index (χ1n) is 11.6. The second-order valence-electron chi connectivity index (χ2n) is 9.47. The van der Waals surface area contributed by atoms with Crippen LogP contribution in [0.1, 0.15) is 22.3 Å². The van der Waals surface area contributed by atoms with Crippen molar-refractivity contribution in [2.24, 2.45) is 0 Å². The fraction of sp³-hybridized carbons (Fsp3) is 0.125. The van der Waals surface area contributed by atoms with Crippen LogP contribution in [0, 0.1) is 27.7 Å². The molecule has 0 unspecified atom stereocenters. The maximum absolute atomic E-state index is 2.44. The zero-order valence-electron chi connectivity index (χ0n) is 19.6. The molecule has 0 fully saturated rings. The second-order valence-corrected chi connectivity index (χ2v) is 9.47. The zero-order chi connectivity index (χ0) is 22.7. The molecule has 33 heavy (non-hydrogen) atoms. The molecular formula is C32H27N. The van der Waals surface area contributed by atoms with E-state index in [-0.39, 0.29) is 0 Å². The van der Waals surface area contributed by atoms with Gasteiger partial charge in [0.15, 0.2) is 0 Å². The molecule has 0 aliphatic carbocycles. The molecule has 0 bridgehead atoms. The normalized spacial score (nSPS) is 11.6. The maximum atomic E-state index is 2.44. The smallest absolute Gasteiger partial charge is 0.0540 e. The van der Waals surface area contributed by atoms with E-state index in [2.05, 4.69) is 124 Å². The van der Waals surface area contributed by atoms with Gasteiger partial charge in [0.05, 0.1) is 5.69 Å². The summed E-state index contributed by atoms with van der Waals surface area (Å²) in [5, 5.41) is 7.88. The van der Waals surface area contributed by atoms with Gasteiger partial charge in [-0.25, -0.2) is 0 Å². The van der Waals surface area contributed by atoms with Gasteiger partial charge in [-0.3, -0.25) is 0 Å². The molecule has 6 rings (SSSR count). The molecule has 0 N–H and O–H groups in total. The minimum Gasteiger partial charge on any atom is -0.310 e. The van der Waals surface area contributed by atoms with Crippen molar-refractivity contribution >= 4 is 49.4 Å². The maximum Gasteiger partial charge on any atom is 0.0540 e. The minimum absolute atomic E-state index is 1.20. The highest BCUT2D eigenvalue weighted by Crippen LogP contribution is 2.44. The Morgan fingerprint density at radius 1 is 0.455 bits per heavy atom. The van der Waals surface area contributed by atoms with Crippen LogP contribution in [0.15, 0.2) is 91.0 Å². The van der Waals surface area contributed by atoms with Gasteiger partial charge >= 0.3 is 0 Å². The first-order valence-corrected chi connectivity index (χ1v) is 11.6. The molecule has 6 aromatic rings. The molecule has 0 saturated carbocycles. The number of benzene rings is 6. The van der Waals surface area contributed by atoms with Gasteiger partial charge in [-0.1, -0.05) is 60.7 Å². The van der Waals surface area contributed by atoms with Gasteiger partial charge in [-0.2, -0.15) is 0 Å². The molecule has 0 aliphatic heterocycles. The first kappa shape index (κ1) is 19.8. The highest BCUT2D eigenvalue weighted by molar-refractivity contribution is 6.25. The summed E-state index contributed by atoms with van der Waals surface area (Å²) in [6.45, 7) is 8.72. The van der Waals surface area contributed by atoms with Gasteiger partial charge in [0.1, 0.15) is 0 Å². The third-order valence-corrected chi connectivity index (χ3v) is 6.68. The molecular weight excluding hydrogens is 398 g/mol. The molecule has 0 spiro atoms. The number of hydrogen-bond donors (Lipinski definition) is 0. The summed E-state index contributed by atoms with van der Waals surface area (Å²) >= 11 is 0. The molecule has 0 saturated heterocycles. The van der Waals surface area contributed by atoms with Crippen LogP contribution in [0.5, 0.6) is 0 Å². The van der Waals surface area contributed by atoms with Crippen molar-refractivity contribution in [3.63, 3.8) is 0 Å². The van der Waals surface area contributed by atoms with Crippen molar-refractivity contribution < 1.29 is 0 Å².